The van der Waals surface area contributed by atoms with Crippen LogP contribution in [0.25, 0.3) is 0 Å². The van der Waals surface area contributed by atoms with Gasteiger partial charge in [0.1, 0.15) is 72.1 Å². The zero-order valence-electron chi connectivity index (χ0n) is 29.1. The first-order valence-electron chi connectivity index (χ1n) is 17.2. The summed E-state index contributed by atoms with van der Waals surface area (Å²) in [6, 6.07) is 27.3. The number of ether oxygens (including phenoxy) is 10. The molecular formula is C40H42O12. The molecule has 2 aliphatic heterocycles. The molecule has 4 unspecified atom stereocenters. The van der Waals surface area contributed by atoms with Crippen LogP contribution < -0.4 is 28.4 Å². The largest absolute Gasteiger partial charge is 0.491 e. The van der Waals surface area contributed by atoms with Crippen molar-refractivity contribution in [3.05, 3.63) is 108 Å². The quantitative estimate of drug-likeness (QED) is 0.0437. The maximum Gasteiger partial charge on any atom is 0.343 e. The predicted octanol–water partition coefficient (Wildman–Crippen LogP) is 5.95. The highest BCUT2D eigenvalue weighted by Crippen LogP contribution is 2.23. The first-order chi connectivity index (χ1) is 25.4. The van der Waals surface area contributed by atoms with E-state index in [1.54, 1.807) is 97.1 Å². The van der Waals surface area contributed by atoms with E-state index in [2.05, 4.69) is 0 Å². The van der Waals surface area contributed by atoms with Gasteiger partial charge in [-0.1, -0.05) is 0 Å². The van der Waals surface area contributed by atoms with E-state index in [1.807, 2.05) is 13.8 Å². The lowest BCUT2D eigenvalue weighted by Crippen LogP contribution is -2.23. The molecule has 0 N–H and O–H groups in total. The van der Waals surface area contributed by atoms with Crippen molar-refractivity contribution in [2.75, 3.05) is 52.9 Å². The average molecular weight is 715 g/mol. The molecule has 0 spiro atoms. The summed E-state index contributed by atoms with van der Waals surface area (Å²) < 4.78 is 55.7. The number of hydrogen-bond donors (Lipinski definition) is 0. The van der Waals surface area contributed by atoms with Crippen molar-refractivity contribution in [3.63, 3.8) is 0 Å². The summed E-state index contributed by atoms with van der Waals surface area (Å²) in [5.41, 5.74) is 0.841. The second kappa shape index (κ2) is 18.4. The molecule has 4 aromatic carbocycles. The first-order valence-corrected chi connectivity index (χ1v) is 17.2. The second-order valence-electron chi connectivity index (χ2n) is 12.3. The molecule has 6 rings (SSSR count). The molecule has 12 heteroatoms. The van der Waals surface area contributed by atoms with Crippen LogP contribution in [0.4, 0.5) is 0 Å². The van der Waals surface area contributed by atoms with E-state index in [0.29, 0.717) is 85.3 Å². The lowest BCUT2D eigenvalue weighted by molar-refractivity contribution is -0.00160. The molecule has 0 amide bonds. The van der Waals surface area contributed by atoms with Crippen molar-refractivity contribution >= 4 is 11.9 Å². The van der Waals surface area contributed by atoms with E-state index >= 15 is 0 Å². The van der Waals surface area contributed by atoms with E-state index in [4.69, 9.17) is 47.4 Å². The van der Waals surface area contributed by atoms with Gasteiger partial charge in [-0.05, 0) is 111 Å². The van der Waals surface area contributed by atoms with Gasteiger partial charge in [-0.3, -0.25) is 0 Å². The zero-order valence-corrected chi connectivity index (χ0v) is 29.1. The summed E-state index contributed by atoms with van der Waals surface area (Å²) in [7, 11) is 0. The van der Waals surface area contributed by atoms with Crippen LogP contribution in [0.3, 0.4) is 0 Å². The zero-order chi connectivity index (χ0) is 36.1. The molecule has 2 heterocycles. The number of hydrogen-bond acceptors (Lipinski definition) is 12. The van der Waals surface area contributed by atoms with Crippen molar-refractivity contribution < 1.29 is 57.0 Å². The van der Waals surface area contributed by atoms with Crippen molar-refractivity contribution in [1.29, 1.82) is 0 Å². The minimum Gasteiger partial charge on any atom is -0.491 e. The van der Waals surface area contributed by atoms with Crippen molar-refractivity contribution in [2.24, 2.45) is 0 Å². The third-order valence-corrected chi connectivity index (χ3v) is 7.68. The number of carbonyl (C=O) groups excluding carboxylic acids is 2. The average Bonchev–Trinajstić information content (AvgIpc) is 4.10. The van der Waals surface area contributed by atoms with E-state index in [1.165, 1.54) is 0 Å². The molecule has 4 aromatic rings. The molecule has 2 fully saturated rings. The maximum absolute atomic E-state index is 12.5. The van der Waals surface area contributed by atoms with Crippen LogP contribution in [0.2, 0.25) is 0 Å². The molecule has 12 nitrogen and oxygen atoms in total. The minimum absolute atomic E-state index is 0.166. The highest BCUT2D eigenvalue weighted by Gasteiger charge is 2.24. The molecule has 0 aliphatic carbocycles. The highest BCUT2D eigenvalue weighted by atomic mass is 16.6. The molecule has 0 radical (unpaired) electrons. The molecule has 2 aliphatic rings. The molecule has 2 saturated heterocycles. The highest BCUT2D eigenvalue weighted by molar-refractivity contribution is 5.91. The number of benzene rings is 4. The molecule has 274 valence electrons. The summed E-state index contributed by atoms with van der Waals surface area (Å²) in [5.74, 6) is 2.49. The standard InChI is InChI=1S/C40H42O12/c1-27(49-33-11-15-35(16-12-33)51-39(41)29-3-7-31(8-4-29)45-23-37-25-47-37)21-43-19-20-44-22-28(2)50-34-13-17-36(18-14-34)52-40(42)30-5-9-32(10-6-30)46-24-38-26-48-38/h3-18,27-28,37-38H,19-26H2,1-2H3. The van der Waals surface area contributed by atoms with Gasteiger partial charge in [-0.25, -0.2) is 9.59 Å². The smallest absolute Gasteiger partial charge is 0.343 e. The topological polar surface area (TPSA) is 133 Å². The number of epoxide rings is 2. The Morgan fingerprint density at radius 1 is 0.538 bits per heavy atom. The van der Waals surface area contributed by atoms with E-state index < -0.39 is 11.9 Å². The van der Waals surface area contributed by atoms with Crippen LogP contribution in [0.1, 0.15) is 34.6 Å². The summed E-state index contributed by atoms with van der Waals surface area (Å²) in [6.45, 7) is 7.78. The Bertz CT molecular complexity index is 1570. The lowest BCUT2D eigenvalue weighted by atomic mass is 10.2. The third-order valence-electron chi connectivity index (χ3n) is 7.68. The molecule has 4 atom stereocenters. The second-order valence-corrected chi connectivity index (χ2v) is 12.3. The fourth-order valence-corrected chi connectivity index (χ4v) is 4.73. The summed E-state index contributed by atoms with van der Waals surface area (Å²) in [4.78, 5) is 25.0. The van der Waals surface area contributed by atoms with Crippen LogP contribution >= 0.6 is 0 Å². The predicted molar refractivity (Wildman–Crippen MR) is 188 cm³/mol. The van der Waals surface area contributed by atoms with Gasteiger partial charge in [-0.15, -0.1) is 0 Å². The normalized spacial score (nSPS) is 17.0. The van der Waals surface area contributed by atoms with Gasteiger partial charge in [0.05, 0.1) is 50.8 Å². The molecular weight excluding hydrogens is 672 g/mol. The van der Waals surface area contributed by atoms with Gasteiger partial charge in [0.25, 0.3) is 0 Å². The van der Waals surface area contributed by atoms with Crippen molar-refractivity contribution in [1.82, 2.24) is 0 Å². The van der Waals surface area contributed by atoms with Gasteiger partial charge in [0.2, 0.25) is 0 Å². The van der Waals surface area contributed by atoms with Gasteiger partial charge >= 0.3 is 11.9 Å². The Morgan fingerprint density at radius 2 is 0.865 bits per heavy atom. The summed E-state index contributed by atoms with van der Waals surface area (Å²) in [5, 5.41) is 0. The summed E-state index contributed by atoms with van der Waals surface area (Å²) in [6.07, 6.45) is -0.0878. The fourth-order valence-electron chi connectivity index (χ4n) is 4.73. The Labute approximate surface area is 302 Å². The van der Waals surface area contributed by atoms with Crippen LogP contribution in [0.5, 0.6) is 34.5 Å². The molecule has 0 saturated carbocycles. The Morgan fingerprint density at radius 3 is 1.21 bits per heavy atom. The third kappa shape index (κ3) is 12.3. The van der Waals surface area contributed by atoms with Gasteiger partial charge in [0.15, 0.2) is 0 Å². The Balaban J connectivity index is 0.804. The van der Waals surface area contributed by atoms with E-state index in [9.17, 15) is 9.59 Å². The molecule has 0 aromatic heterocycles. The lowest BCUT2D eigenvalue weighted by Gasteiger charge is -2.17. The molecule has 52 heavy (non-hydrogen) atoms. The minimum atomic E-state index is -0.463. The SMILES string of the molecule is CC(COCCOCC(C)Oc1ccc(OC(=O)c2ccc(OCC3CO3)cc2)cc1)Oc1ccc(OC(=O)c2ccc(OCC3CO3)cc2)cc1. The van der Waals surface area contributed by atoms with Gasteiger partial charge in [-0.2, -0.15) is 0 Å². The molecule has 0 bridgehead atoms. The van der Waals surface area contributed by atoms with Crippen LogP contribution in [-0.4, -0.2) is 89.2 Å². The Kier molecular flexibility index (Phi) is 13.0. The van der Waals surface area contributed by atoms with E-state index in [-0.39, 0.29) is 24.4 Å². The number of carbonyl (C=O) groups is 2. The maximum atomic E-state index is 12.5. The van der Waals surface area contributed by atoms with Crippen molar-refractivity contribution in [2.45, 2.75) is 38.3 Å². The van der Waals surface area contributed by atoms with Crippen LogP contribution in [-0.2, 0) is 18.9 Å². The van der Waals surface area contributed by atoms with Gasteiger partial charge in [0, 0.05) is 0 Å². The Hall–Kier alpha value is -5.14. The van der Waals surface area contributed by atoms with Gasteiger partial charge < -0.3 is 47.4 Å². The number of rotatable bonds is 21. The van der Waals surface area contributed by atoms with Crippen molar-refractivity contribution in [3.8, 4) is 34.5 Å². The van der Waals surface area contributed by atoms with E-state index in [0.717, 1.165) is 13.2 Å². The van der Waals surface area contributed by atoms with Crippen LogP contribution in [0.15, 0.2) is 97.1 Å². The summed E-state index contributed by atoms with van der Waals surface area (Å²) >= 11 is 0. The monoisotopic (exact) mass is 714 g/mol. The fraction of sp³-hybridized carbons (Fsp3) is 0.350. The number of esters is 2. The van der Waals surface area contributed by atoms with Crippen LogP contribution in [0, 0.1) is 0 Å². The first kappa shape index (κ1) is 36.6.